The molecule has 0 amide bonds. The van der Waals surface area contributed by atoms with Gasteiger partial charge in [0, 0.05) is 4.47 Å². The summed E-state index contributed by atoms with van der Waals surface area (Å²) in [7, 11) is 0. The average molecular weight is 387 g/mol. The van der Waals surface area contributed by atoms with Crippen molar-refractivity contribution in [3.63, 3.8) is 0 Å². The number of hydrogen-bond donors (Lipinski definition) is 0. The van der Waals surface area contributed by atoms with E-state index in [1.165, 1.54) is 0 Å². The van der Waals surface area contributed by atoms with Gasteiger partial charge < -0.3 is 0 Å². The lowest BCUT2D eigenvalue weighted by atomic mass is 9.97. The maximum Gasteiger partial charge on any atom is 0.416 e. The van der Waals surface area contributed by atoms with Crippen LogP contribution in [-0.4, -0.2) is 0 Å². The van der Waals surface area contributed by atoms with Gasteiger partial charge in [0.2, 0.25) is 0 Å². The predicted octanol–water partition coefficient (Wildman–Crippen LogP) is 6.73. The van der Waals surface area contributed by atoms with Gasteiger partial charge in [0.15, 0.2) is 0 Å². The molecule has 5 heteroatoms. The SMILES string of the molecule is Cc1ccc(/C=C/C(C)c2cc(F)cc(C(F)(F)F)c2)cc1Br. The maximum absolute atomic E-state index is 13.4. The van der Waals surface area contributed by atoms with Gasteiger partial charge >= 0.3 is 6.18 Å². The van der Waals surface area contributed by atoms with Crippen LogP contribution >= 0.6 is 15.9 Å². The molecule has 0 aromatic heterocycles. The molecule has 1 atom stereocenters. The third-order valence-electron chi connectivity index (χ3n) is 3.55. The first-order chi connectivity index (χ1) is 10.7. The van der Waals surface area contributed by atoms with Crippen LogP contribution in [0.5, 0.6) is 0 Å². The number of aryl methyl sites for hydroxylation is 1. The number of alkyl halides is 3. The van der Waals surface area contributed by atoms with Crippen molar-refractivity contribution in [3.05, 3.63) is 75.0 Å². The summed E-state index contributed by atoms with van der Waals surface area (Å²) in [6.45, 7) is 3.69. The Morgan fingerprint density at radius 3 is 2.39 bits per heavy atom. The van der Waals surface area contributed by atoms with Gasteiger partial charge in [-0.15, -0.1) is 0 Å². The van der Waals surface area contributed by atoms with Gasteiger partial charge in [0.05, 0.1) is 5.56 Å². The zero-order chi connectivity index (χ0) is 17.2. The quantitative estimate of drug-likeness (QED) is 0.512. The summed E-state index contributed by atoms with van der Waals surface area (Å²) in [6, 6.07) is 8.41. The highest BCUT2D eigenvalue weighted by molar-refractivity contribution is 9.10. The van der Waals surface area contributed by atoms with Gasteiger partial charge in [-0.25, -0.2) is 4.39 Å². The van der Waals surface area contributed by atoms with E-state index in [9.17, 15) is 17.6 Å². The van der Waals surface area contributed by atoms with Crippen LogP contribution in [0.15, 0.2) is 46.9 Å². The molecule has 0 saturated heterocycles. The van der Waals surface area contributed by atoms with E-state index >= 15 is 0 Å². The molecule has 0 bridgehead atoms. The molecule has 0 aliphatic rings. The van der Waals surface area contributed by atoms with Crippen LogP contribution in [0.4, 0.5) is 17.6 Å². The van der Waals surface area contributed by atoms with Crippen molar-refractivity contribution >= 4 is 22.0 Å². The zero-order valence-electron chi connectivity index (χ0n) is 12.6. The van der Waals surface area contributed by atoms with Gasteiger partial charge in [0.25, 0.3) is 0 Å². The van der Waals surface area contributed by atoms with E-state index in [1.54, 1.807) is 13.0 Å². The lowest BCUT2D eigenvalue weighted by Gasteiger charge is -2.12. The molecule has 0 N–H and O–H groups in total. The van der Waals surface area contributed by atoms with E-state index in [2.05, 4.69) is 15.9 Å². The van der Waals surface area contributed by atoms with Gasteiger partial charge in [-0.05, 0) is 53.8 Å². The molecule has 2 rings (SSSR count). The minimum atomic E-state index is -4.55. The minimum absolute atomic E-state index is 0.291. The molecule has 0 nitrogen and oxygen atoms in total. The second-order valence-corrected chi connectivity index (χ2v) is 6.28. The summed E-state index contributed by atoms with van der Waals surface area (Å²) in [6.07, 6.45) is -0.985. The first-order valence-electron chi connectivity index (χ1n) is 6.99. The van der Waals surface area contributed by atoms with Crippen LogP contribution < -0.4 is 0 Å². The molecule has 0 radical (unpaired) electrons. The lowest BCUT2D eigenvalue weighted by Crippen LogP contribution is -2.07. The summed E-state index contributed by atoms with van der Waals surface area (Å²) < 4.78 is 52.7. The smallest absolute Gasteiger partial charge is 0.207 e. The van der Waals surface area contributed by atoms with Gasteiger partial charge in [-0.1, -0.05) is 47.1 Å². The molecule has 0 aliphatic carbocycles. The second-order valence-electron chi connectivity index (χ2n) is 5.43. The van der Waals surface area contributed by atoms with E-state index in [4.69, 9.17) is 0 Å². The first-order valence-corrected chi connectivity index (χ1v) is 7.78. The summed E-state index contributed by atoms with van der Waals surface area (Å²) in [5.74, 6) is -1.22. The molecular weight excluding hydrogens is 372 g/mol. The number of halogens is 5. The Labute approximate surface area is 141 Å². The Morgan fingerprint density at radius 2 is 1.78 bits per heavy atom. The van der Waals surface area contributed by atoms with Crippen LogP contribution in [-0.2, 0) is 6.18 Å². The fraction of sp³-hybridized carbons (Fsp3) is 0.222. The van der Waals surface area contributed by atoms with Crippen LogP contribution in [0.25, 0.3) is 6.08 Å². The topological polar surface area (TPSA) is 0 Å². The Kier molecular flexibility index (Phi) is 5.30. The number of allylic oxidation sites excluding steroid dienone is 1. The molecule has 0 fully saturated rings. The third-order valence-corrected chi connectivity index (χ3v) is 4.40. The van der Waals surface area contributed by atoms with Crippen LogP contribution in [0.1, 0.15) is 35.1 Å². The lowest BCUT2D eigenvalue weighted by molar-refractivity contribution is -0.137. The summed E-state index contributed by atoms with van der Waals surface area (Å²) in [5.41, 5.74) is 1.34. The fourth-order valence-electron chi connectivity index (χ4n) is 2.12. The standard InChI is InChI=1S/C18H15BrF4/c1-11(3-5-13-6-4-12(2)17(19)7-13)14-8-15(18(21,22)23)10-16(20)9-14/h3-11H,1-2H3/b5-3+. The van der Waals surface area contributed by atoms with Crippen LogP contribution in [0, 0.1) is 12.7 Å². The molecular formula is C18H15BrF4. The van der Waals surface area contributed by atoms with Crippen LogP contribution in [0.3, 0.4) is 0 Å². The molecule has 2 aromatic carbocycles. The summed E-state index contributed by atoms with van der Waals surface area (Å²) >= 11 is 3.43. The highest BCUT2D eigenvalue weighted by Gasteiger charge is 2.31. The minimum Gasteiger partial charge on any atom is -0.207 e. The summed E-state index contributed by atoms with van der Waals surface area (Å²) in [5, 5.41) is 0. The Bertz CT molecular complexity index is 732. The van der Waals surface area contributed by atoms with Crippen molar-refractivity contribution in [3.8, 4) is 0 Å². The van der Waals surface area contributed by atoms with Gasteiger partial charge in [-0.2, -0.15) is 13.2 Å². The van der Waals surface area contributed by atoms with Gasteiger partial charge in [0.1, 0.15) is 5.82 Å². The Morgan fingerprint density at radius 1 is 1.09 bits per heavy atom. The van der Waals surface area contributed by atoms with E-state index in [0.717, 1.165) is 27.7 Å². The molecule has 122 valence electrons. The van der Waals surface area contributed by atoms with E-state index < -0.39 is 17.6 Å². The average Bonchev–Trinajstić information content (AvgIpc) is 2.46. The summed E-state index contributed by atoms with van der Waals surface area (Å²) in [4.78, 5) is 0. The normalized spacial score (nSPS) is 13.5. The monoisotopic (exact) mass is 386 g/mol. The fourth-order valence-corrected chi connectivity index (χ4v) is 2.51. The van der Waals surface area contributed by atoms with Crippen molar-refractivity contribution < 1.29 is 17.6 Å². The molecule has 2 aromatic rings. The first kappa shape index (κ1) is 17.7. The number of benzene rings is 2. The number of rotatable bonds is 3. The zero-order valence-corrected chi connectivity index (χ0v) is 14.2. The van der Waals surface area contributed by atoms with E-state index in [0.29, 0.717) is 11.6 Å². The van der Waals surface area contributed by atoms with Crippen molar-refractivity contribution in [1.29, 1.82) is 0 Å². The largest absolute Gasteiger partial charge is 0.416 e. The van der Waals surface area contributed by atoms with E-state index in [-0.39, 0.29) is 5.92 Å². The van der Waals surface area contributed by atoms with Crippen molar-refractivity contribution in [1.82, 2.24) is 0 Å². The number of hydrogen-bond acceptors (Lipinski definition) is 0. The van der Waals surface area contributed by atoms with Crippen molar-refractivity contribution in [2.45, 2.75) is 25.9 Å². The molecule has 0 aliphatic heterocycles. The highest BCUT2D eigenvalue weighted by atomic mass is 79.9. The molecule has 1 unspecified atom stereocenters. The predicted molar refractivity (Wildman–Crippen MR) is 87.7 cm³/mol. The Balaban J connectivity index is 2.26. The maximum atomic E-state index is 13.4. The molecule has 23 heavy (non-hydrogen) atoms. The van der Waals surface area contributed by atoms with Gasteiger partial charge in [-0.3, -0.25) is 0 Å². The highest BCUT2D eigenvalue weighted by Crippen LogP contribution is 2.32. The van der Waals surface area contributed by atoms with Crippen molar-refractivity contribution in [2.75, 3.05) is 0 Å². The Hall–Kier alpha value is -1.62. The molecule has 0 spiro atoms. The second kappa shape index (κ2) is 6.87. The molecule has 0 heterocycles. The van der Waals surface area contributed by atoms with Crippen LogP contribution in [0.2, 0.25) is 0 Å². The van der Waals surface area contributed by atoms with Crippen molar-refractivity contribution in [2.24, 2.45) is 0 Å². The molecule has 0 saturated carbocycles. The van der Waals surface area contributed by atoms with E-state index in [1.807, 2.05) is 31.2 Å². The third kappa shape index (κ3) is 4.67.